The standard InChI is InChI=1S/C71H134O17P2/c1-7-9-11-13-14-15-16-17-18-22-25-31-36-42-48-54-69(74)82-60-67(88-71(76)55-49-43-37-32-26-23-20-19-21-24-29-34-40-45-51-63(3)4)62-86-90(79,80)84-58-65(72)57-83-89(77,78)85-61-66(59-81-68(73)53-47-39-12-10-8-2)87-70(75)56-50-44-38-33-28-27-30-35-41-46-52-64(5)6/h15-18,63-67,72H,7-14,19-62H2,1-6H3,(H,77,78)(H,79,80)/b16-15-,18-17-/t65-,66+,67+/m0/s1. The molecular formula is C71H134O17P2. The molecule has 0 aromatic rings. The van der Waals surface area contributed by atoms with E-state index in [9.17, 15) is 43.2 Å². The predicted molar refractivity (Wildman–Crippen MR) is 363 cm³/mol. The molecule has 2 unspecified atom stereocenters. The Balaban J connectivity index is 5.20. The van der Waals surface area contributed by atoms with Crippen molar-refractivity contribution in [1.82, 2.24) is 0 Å². The zero-order valence-electron chi connectivity index (χ0n) is 57.9. The smallest absolute Gasteiger partial charge is 0.462 e. The highest BCUT2D eigenvalue weighted by Gasteiger charge is 2.30. The van der Waals surface area contributed by atoms with Gasteiger partial charge in [-0.15, -0.1) is 0 Å². The van der Waals surface area contributed by atoms with E-state index in [1.165, 1.54) is 128 Å². The molecule has 0 aliphatic rings. The molecule has 0 amide bonds. The van der Waals surface area contributed by atoms with Crippen molar-refractivity contribution in [3.05, 3.63) is 24.3 Å². The molecule has 17 nitrogen and oxygen atoms in total. The highest BCUT2D eigenvalue weighted by atomic mass is 31.2. The number of aliphatic hydroxyl groups is 1. The zero-order valence-corrected chi connectivity index (χ0v) is 59.7. The molecule has 0 aliphatic heterocycles. The van der Waals surface area contributed by atoms with Gasteiger partial charge in [0.2, 0.25) is 0 Å². The van der Waals surface area contributed by atoms with Crippen LogP contribution in [0.2, 0.25) is 0 Å². The highest BCUT2D eigenvalue weighted by molar-refractivity contribution is 7.47. The van der Waals surface area contributed by atoms with Gasteiger partial charge in [0.05, 0.1) is 26.4 Å². The van der Waals surface area contributed by atoms with Crippen molar-refractivity contribution in [3.8, 4) is 0 Å². The SMILES string of the molecule is CCCCCC/C=C\C=C/CCCCCCCC(=O)OC[C@H](COP(=O)(O)OC[C@@H](O)COP(=O)(O)OC[C@@H](COC(=O)CCCCCCC)OC(=O)CCCCCCCCCCCCC(C)C)OC(=O)CCCCCCCCCCCCCCCCC(C)C. The van der Waals surface area contributed by atoms with Gasteiger partial charge < -0.3 is 33.8 Å². The van der Waals surface area contributed by atoms with Gasteiger partial charge in [0.1, 0.15) is 19.3 Å². The average molecular weight is 1320 g/mol. The Hall–Kier alpha value is -2.46. The van der Waals surface area contributed by atoms with Crippen molar-refractivity contribution in [3.63, 3.8) is 0 Å². The van der Waals surface area contributed by atoms with E-state index in [1.54, 1.807) is 0 Å². The van der Waals surface area contributed by atoms with Crippen molar-refractivity contribution in [2.75, 3.05) is 39.6 Å². The van der Waals surface area contributed by atoms with Crippen LogP contribution in [-0.4, -0.2) is 96.7 Å². The number of allylic oxidation sites excluding steroid dienone is 4. The van der Waals surface area contributed by atoms with Gasteiger partial charge in [-0.05, 0) is 63.2 Å². The minimum atomic E-state index is -4.96. The summed E-state index contributed by atoms with van der Waals surface area (Å²) in [6.07, 6.45) is 51.1. The number of aliphatic hydroxyl groups excluding tert-OH is 1. The molecule has 0 heterocycles. The third kappa shape index (κ3) is 64.3. The summed E-state index contributed by atoms with van der Waals surface area (Å²) in [4.78, 5) is 72.3. The Morgan fingerprint density at radius 2 is 0.600 bits per heavy atom. The highest BCUT2D eigenvalue weighted by Crippen LogP contribution is 2.45. The van der Waals surface area contributed by atoms with Gasteiger partial charge in [0.25, 0.3) is 0 Å². The summed E-state index contributed by atoms with van der Waals surface area (Å²) in [5.74, 6) is -0.621. The predicted octanol–water partition coefficient (Wildman–Crippen LogP) is 19.9. The van der Waals surface area contributed by atoms with Crippen LogP contribution in [0, 0.1) is 11.8 Å². The first-order chi connectivity index (χ1) is 43.4. The molecule has 0 aliphatic carbocycles. The van der Waals surface area contributed by atoms with E-state index in [0.717, 1.165) is 127 Å². The Morgan fingerprint density at radius 3 is 0.911 bits per heavy atom. The summed E-state index contributed by atoms with van der Waals surface area (Å²) in [6.45, 7) is 9.41. The lowest BCUT2D eigenvalue weighted by Crippen LogP contribution is -2.30. The first-order valence-corrected chi connectivity index (χ1v) is 39.3. The average Bonchev–Trinajstić information content (AvgIpc) is 3.41. The number of esters is 4. The summed E-state index contributed by atoms with van der Waals surface area (Å²) in [5.41, 5.74) is 0. The third-order valence-electron chi connectivity index (χ3n) is 15.8. The van der Waals surface area contributed by atoms with Gasteiger partial charge in [-0.25, -0.2) is 9.13 Å². The number of phosphoric acid groups is 2. The zero-order chi connectivity index (χ0) is 66.5. The third-order valence-corrected chi connectivity index (χ3v) is 17.7. The van der Waals surface area contributed by atoms with Gasteiger partial charge in [-0.3, -0.25) is 37.3 Å². The van der Waals surface area contributed by atoms with Crippen LogP contribution >= 0.6 is 15.6 Å². The molecule has 5 atom stereocenters. The fraction of sp³-hybridized carbons (Fsp3) is 0.887. The molecule has 530 valence electrons. The lowest BCUT2D eigenvalue weighted by Gasteiger charge is -2.21. The molecule has 0 saturated heterocycles. The summed E-state index contributed by atoms with van der Waals surface area (Å²) in [7, 11) is -9.90. The van der Waals surface area contributed by atoms with E-state index in [-0.39, 0.29) is 25.7 Å². The van der Waals surface area contributed by atoms with Gasteiger partial charge in [-0.2, -0.15) is 0 Å². The minimum absolute atomic E-state index is 0.100. The van der Waals surface area contributed by atoms with E-state index in [0.29, 0.717) is 25.7 Å². The number of ether oxygens (including phenoxy) is 4. The summed E-state index contributed by atoms with van der Waals surface area (Å²) >= 11 is 0. The molecule has 0 saturated carbocycles. The molecule has 3 N–H and O–H groups in total. The molecule has 0 rings (SSSR count). The second-order valence-corrected chi connectivity index (χ2v) is 28.8. The normalized spacial score (nSPS) is 14.3. The van der Waals surface area contributed by atoms with Gasteiger partial charge >= 0.3 is 39.5 Å². The molecule has 0 aromatic heterocycles. The van der Waals surface area contributed by atoms with Crippen LogP contribution in [0.15, 0.2) is 24.3 Å². The largest absolute Gasteiger partial charge is 0.472 e. The van der Waals surface area contributed by atoms with Crippen LogP contribution in [0.1, 0.15) is 337 Å². The Bertz CT molecular complexity index is 1850. The molecule has 0 spiro atoms. The molecular weight excluding hydrogens is 1190 g/mol. The number of hydrogen-bond donors (Lipinski definition) is 3. The molecule has 0 aromatic carbocycles. The van der Waals surface area contributed by atoms with Crippen molar-refractivity contribution in [2.45, 2.75) is 355 Å². The second-order valence-electron chi connectivity index (χ2n) is 25.9. The topological polar surface area (TPSA) is 237 Å². The first kappa shape index (κ1) is 87.5. The van der Waals surface area contributed by atoms with Crippen LogP contribution in [0.4, 0.5) is 0 Å². The minimum Gasteiger partial charge on any atom is -0.462 e. The molecule has 90 heavy (non-hydrogen) atoms. The van der Waals surface area contributed by atoms with Gasteiger partial charge in [0, 0.05) is 25.7 Å². The van der Waals surface area contributed by atoms with Crippen molar-refractivity contribution >= 4 is 39.5 Å². The number of unbranched alkanes of at least 4 members (excludes halogenated alkanes) is 35. The van der Waals surface area contributed by atoms with Crippen LogP contribution in [0.5, 0.6) is 0 Å². The summed E-state index contributed by atoms with van der Waals surface area (Å²) < 4.78 is 68.1. The second kappa shape index (κ2) is 62.6. The number of rotatable bonds is 68. The maximum absolute atomic E-state index is 13.0. The summed E-state index contributed by atoms with van der Waals surface area (Å²) in [6, 6.07) is 0. The van der Waals surface area contributed by atoms with Crippen LogP contribution in [0.3, 0.4) is 0 Å². The Labute approximate surface area is 548 Å². The monoisotopic (exact) mass is 1320 g/mol. The van der Waals surface area contributed by atoms with Crippen molar-refractivity contribution < 1.29 is 80.2 Å². The molecule has 0 fully saturated rings. The first-order valence-electron chi connectivity index (χ1n) is 36.3. The van der Waals surface area contributed by atoms with Crippen molar-refractivity contribution in [1.29, 1.82) is 0 Å². The molecule has 19 heteroatoms. The Morgan fingerprint density at radius 1 is 0.344 bits per heavy atom. The Kier molecular flexibility index (Phi) is 60.9. The van der Waals surface area contributed by atoms with E-state index in [4.69, 9.17) is 37.0 Å². The van der Waals surface area contributed by atoms with E-state index in [2.05, 4.69) is 65.8 Å². The lowest BCUT2D eigenvalue weighted by molar-refractivity contribution is -0.161. The van der Waals surface area contributed by atoms with Gasteiger partial charge in [-0.1, -0.05) is 284 Å². The fourth-order valence-corrected chi connectivity index (χ4v) is 11.8. The quantitative estimate of drug-likeness (QED) is 0.0169. The molecule has 0 radical (unpaired) electrons. The van der Waals surface area contributed by atoms with Crippen LogP contribution in [-0.2, 0) is 65.4 Å². The van der Waals surface area contributed by atoms with Crippen LogP contribution < -0.4 is 0 Å². The lowest BCUT2D eigenvalue weighted by atomic mass is 10.0. The summed E-state index contributed by atoms with van der Waals surface area (Å²) in [5, 5.41) is 10.6. The molecule has 0 bridgehead atoms. The van der Waals surface area contributed by atoms with E-state index >= 15 is 0 Å². The van der Waals surface area contributed by atoms with E-state index < -0.39 is 97.5 Å². The number of phosphoric ester groups is 2. The number of carbonyl (C=O) groups excluding carboxylic acids is 4. The maximum Gasteiger partial charge on any atom is 0.472 e. The fourth-order valence-electron chi connectivity index (χ4n) is 10.2. The number of hydrogen-bond acceptors (Lipinski definition) is 15. The number of carbonyl (C=O) groups is 4. The van der Waals surface area contributed by atoms with Crippen molar-refractivity contribution in [2.24, 2.45) is 11.8 Å². The maximum atomic E-state index is 13.0. The van der Waals surface area contributed by atoms with E-state index in [1.807, 2.05) is 0 Å². The van der Waals surface area contributed by atoms with Crippen LogP contribution in [0.25, 0.3) is 0 Å². The van der Waals surface area contributed by atoms with Gasteiger partial charge in [0.15, 0.2) is 12.2 Å².